The van der Waals surface area contributed by atoms with Crippen molar-refractivity contribution < 1.29 is 90.1 Å². The Morgan fingerprint density at radius 3 is 2.18 bits per heavy atom. The number of hydrogen-bond acceptors (Lipinski definition) is 19. The Balaban J connectivity index is 0.686. The lowest BCUT2D eigenvalue weighted by molar-refractivity contribution is -0.374. The van der Waals surface area contributed by atoms with E-state index in [9.17, 15) is 9.59 Å². The van der Waals surface area contributed by atoms with E-state index in [0.29, 0.717) is 63.7 Å². The average molecular weight is 1220 g/mol. The van der Waals surface area contributed by atoms with Gasteiger partial charge in [0.2, 0.25) is 5.79 Å². The van der Waals surface area contributed by atoms with Crippen molar-refractivity contribution in [3.63, 3.8) is 0 Å². The first-order chi connectivity index (χ1) is 41.9. The first kappa shape index (κ1) is 62.2. The lowest BCUT2D eigenvalue weighted by Gasteiger charge is -2.55. The fraction of sp³-hybridized carbons (Fsp3) is 0.882. The average Bonchev–Trinajstić information content (AvgIpc) is 1.54. The second kappa shape index (κ2) is 24.6. The van der Waals surface area contributed by atoms with Gasteiger partial charge in [0.1, 0.15) is 42.4 Å². The maximum absolute atomic E-state index is 14.8. The van der Waals surface area contributed by atoms with Gasteiger partial charge in [-0.05, 0) is 79.8 Å². The molecule has 2 spiro atoms. The standard InChI is InChI=1S/C68H100O19/c1-12-20-73-68-32-66-19-18-43-22-35(5)44(74-43)16-14-41-21-34(4)38(8)47(75-41)27-52-60(82-56(70)25-42-15-17-45-61(76-42)62(85-66)63(86-68)64(79-45)65(68)87-66)39(9)59-53(78-52)28-48(71-10)49(81-59)23-40(69)24-54-57(72-11)36(6)30-67(83-54)31-37(7)58-55(84-67)29-50-51(80-58)26-46(77-50)33(3)13-2/h12,33-34,36-37,39,41-55,57-65H,1,5,8,13-32H2,2-4,6-7,9-11H3. The minimum Gasteiger partial charge on any atom is -0.459 e. The number of ketones is 1. The zero-order valence-corrected chi connectivity index (χ0v) is 52.8. The minimum atomic E-state index is -1.08. The molecule has 0 aromatic carbocycles. The van der Waals surface area contributed by atoms with Gasteiger partial charge in [-0.25, -0.2) is 0 Å². The van der Waals surface area contributed by atoms with Gasteiger partial charge in [-0.3, -0.25) is 9.59 Å². The molecule has 32 unspecified atom stereocenters. The van der Waals surface area contributed by atoms with Crippen LogP contribution in [0.5, 0.6) is 0 Å². The molecule has 0 aromatic rings. The smallest absolute Gasteiger partial charge is 0.308 e. The van der Waals surface area contributed by atoms with Crippen LogP contribution in [-0.4, -0.2) is 196 Å². The van der Waals surface area contributed by atoms with E-state index in [-0.39, 0.29) is 122 Å². The second-order valence-electron chi connectivity index (χ2n) is 29.4. The maximum Gasteiger partial charge on any atom is 0.308 e. The van der Waals surface area contributed by atoms with Crippen LogP contribution in [0.3, 0.4) is 0 Å². The van der Waals surface area contributed by atoms with Gasteiger partial charge in [-0.2, -0.15) is 0 Å². The monoisotopic (exact) mass is 1220 g/mol. The van der Waals surface area contributed by atoms with Crippen LogP contribution in [0.1, 0.15) is 164 Å². The fourth-order valence-electron chi connectivity index (χ4n) is 18.9. The summed E-state index contributed by atoms with van der Waals surface area (Å²) in [5.41, 5.74) is 2.09. The van der Waals surface area contributed by atoms with Crippen molar-refractivity contribution in [3.05, 3.63) is 37.0 Å². The van der Waals surface area contributed by atoms with Crippen LogP contribution < -0.4 is 0 Å². The summed E-state index contributed by atoms with van der Waals surface area (Å²) in [5, 5.41) is 0. The van der Waals surface area contributed by atoms with Gasteiger partial charge >= 0.3 is 5.97 Å². The second-order valence-corrected chi connectivity index (χ2v) is 29.4. The number of rotatable bonds is 11. The highest BCUT2D eigenvalue weighted by Gasteiger charge is 2.75. The van der Waals surface area contributed by atoms with Crippen molar-refractivity contribution in [2.75, 3.05) is 20.8 Å². The Morgan fingerprint density at radius 1 is 0.632 bits per heavy atom. The molecule has 0 aromatic heterocycles. The lowest BCUT2D eigenvalue weighted by Crippen LogP contribution is -2.63. The highest BCUT2D eigenvalue weighted by Crippen LogP contribution is 2.60. The van der Waals surface area contributed by atoms with E-state index in [2.05, 4.69) is 61.3 Å². The van der Waals surface area contributed by atoms with Crippen LogP contribution in [0.4, 0.5) is 0 Å². The van der Waals surface area contributed by atoms with Crippen molar-refractivity contribution >= 4 is 11.8 Å². The summed E-state index contributed by atoms with van der Waals surface area (Å²) in [6.45, 7) is 26.5. The molecule has 32 atom stereocenters. The number of carbonyl (C=O) groups is 2. The van der Waals surface area contributed by atoms with E-state index in [1.54, 1.807) is 20.3 Å². The highest BCUT2D eigenvalue weighted by molar-refractivity contribution is 5.79. The molecule has 486 valence electrons. The molecular weight excluding hydrogens is 1120 g/mol. The molecule has 15 aliphatic heterocycles. The summed E-state index contributed by atoms with van der Waals surface area (Å²) >= 11 is 0. The summed E-state index contributed by atoms with van der Waals surface area (Å²) in [5.74, 6) is -2.90. The van der Waals surface area contributed by atoms with Crippen molar-refractivity contribution in [1.29, 1.82) is 0 Å². The van der Waals surface area contributed by atoms with E-state index < -0.39 is 103 Å². The molecule has 15 fully saturated rings. The molecule has 0 radical (unpaired) electrons. The molecule has 87 heavy (non-hydrogen) atoms. The van der Waals surface area contributed by atoms with Crippen molar-refractivity contribution in [2.45, 2.75) is 327 Å². The molecule has 12 bridgehead atoms. The molecule has 15 saturated heterocycles. The van der Waals surface area contributed by atoms with Gasteiger partial charge in [0.15, 0.2) is 11.6 Å². The van der Waals surface area contributed by atoms with Crippen LogP contribution in [0, 0.1) is 29.6 Å². The Morgan fingerprint density at radius 2 is 1.38 bits per heavy atom. The number of hydrogen-bond donors (Lipinski definition) is 0. The number of carbonyl (C=O) groups excluding carboxylic acids is 2. The molecular formula is C68H100O19. The molecule has 15 aliphatic rings. The van der Waals surface area contributed by atoms with E-state index >= 15 is 0 Å². The minimum absolute atomic E-state index is 0.00388. The molecule has 15 heterocycles. The summed E-state index contributed by atoms with van der Waals surface area (Å²) in [6, 6.07) is 0. The van der Waals surface area contributed by atoms with E-state index in [1.807, 2.05) is 0 Å². The summed E-state index contributed by atoms with van der Waals surface area (Å²) < 4.78 is 116. The van der Waals surface area contributed by atoms with Crippen LogP contribution in [-0.2, 0) is 90.1 Å². The van der Waals surface area contributed by atoms with Crippen LogP contribution in [0.2, 0.25) is 0 Å². The Kier molecular flexibility index (Phi) is 17.6. The molecule has 15 rings (SSSR count). The maximum atomic E-state index is 14.8. The van der Waals surface area contributed by atoms with E-state index in [1.165, 1.54) is 0 Å². The molecule has 19 heteroatoms. The molecule has 0 amide bonds. The van der Waals surface area contributed by atoms with Crippen LogP contribution in [0.25, 0.3) is 0 Å². The zero-order valence-electron chi connectivity index (χ0n) is 52.8. The van der Waals surface area contributed by atoms with Gasteiger partial charge in [0.05, 0.1) is 129 Å². The number of esters is 1. The topological polar surface area (TPSA) is 191 Å². The van der Waals surface area contributed by atoms with Crippen LogP contribution in [0.15, 0.2) is 37.0 Å². The van der Waals surface area contributed by atoms with Crippen molar-refractivity contribution in [3.8, 4) is 0 Å². The Labute approximate surface area is 514 Å². The van der Waals surface area contributed by atoms with Gasteiger partial charge in [-0.15, -0.1) is 6.58 Å². The lowest BCUT2D eigenvalue weighted by atomic mass is 9.77. The van der Waals surface area contributed by atoms with E-state index in [4.69, 9.17) is 80.5 Å². The molecule has 0 saturated carbocycles. The zero-order chi connectivity index (χ0) is 60.4. The number of fused-ring (bicyclic) bond motifs is 9. The van der Waals surface area contributed by atoms with Gasteiger partial charge in [0, 0.05) is 77.9 Å². The molecule has 19 nitrogen and oxygen atoms in total. The number of Topliss-reactive ketones (excluding diaryl/α,β-unsaturated/α-hetero) is 1. The third kappa shape index (κ3) is 11.6. The SMILES string of the molecule is C=CCOC12CC34CCC5CC(=C)C(CCC6CC(C)C(=C)C(CC7OC8CC(OC)C(CC(=O)CC9OC%10(CC(C)C9OC)CC(C)C9OC%11CC(C(C)CC)OC%11CC9O%10)OC8C(C)C7OC(=O)CC7CCC8OC(C(O1)C(O3)C8O7)C2O4)O6)O5. The summed E-state index contributed by atoms with van der Waals surface area (Å²) in [6.07, 6.45) is 4.79. The Bertz CT molecular complexity index is 2550. The summed E-state index contributed by atoms with van der Waals surface area (Å²) in [4.78, 5) is 29.5. The van der Waals surface area contributed by atoms with Crippen molar-refractivity contribution in [2.24, 2.45) is 29.6 Å². The highest BCUT2D eigenvalue weighted by atomic mass is 16.8. The third-order valence-corrected chi connectivity index (χ3v) is 23.5. The van der Waals surface area contributed by atoms with Gasteiger partial charge in [-0.1, -0.05) is 67.2 Å². The third-order valence-electron chi connectivity index (χ3n) is 23.5. The van der Waals surface area contributed by atoms with Gasteiger partial charge in [0.25, 0.3) is 0 Å². The van der Waals surface area contributed by atoms with Crippen molar-refractivity contribution in [1.82, 2.24) is 0 Å². The normalized spacial score (nSPS) is 53.1. The predicted molar refractivity (Wildman–Crippen MR) is 312 cm³/mol. The molecule has 0 N–H and O–H groups in total. The molecule has 0 aliphatic carbocycles. The predicted octanol–water partition coefficient (Wildman–Crippen LogP) is 8.66. The number of ether oxygens (including phenoxy) is 17. The summed E-state index contributed by atoms with van der Waals surface area (Å²) in [7, 11) is 3.37. The van der Waals surface area contributed by atoms with E-state index in [0.717, 1.165) is 56.1 Å². The first-order valence-electron chi connectivity index (χ1n) is 33.9. The first-order valence-corrected chi connectivity index (χ1v) is 33.9. The largest absolute Gasteiger partial charge is 0.459 e. The quantitative estimate of drug-likeness (QED) is 0.141. The number of methoxy groups -OCH3 is 2. The Hall–Kier alpha value is -2.28. The van der Waals surface area contributed by atoms with Crippen LogP contribution >= 0.6 is 0 Å². The fourth-order valence-corrected chi connectivity index (χ4v) is 18.9. The van der Waals surface area contributed by atoms with Gasteiger partial charge < -0.3 is 80.5 Å².